The minimum atomic E-state index is 0.565. The number of nitrogens with one attached hydrogen (secondary N) is 1. The van der Waals surface area contributed by atoms with Crippen molar-refractivity contribution in [2.75, 3.05) is 5.32 Å². The summed E-state index contributed by atoms with van der Waals surface area (Å²) in [5, 5.41) is 11.7. The Morgan fingerprint density at radius 2 is 1.91 bits per heavy atom. The third-order valence-corrected chi connectivity index (χ3v) is 4.57. The van der Waals surface area contributed by atoms with Gasteiger partial charge in [0.25, 0.3) is 0 Å². The number of nitrogens with zero attached hydrogens (tertiary/aromatic N) is 4. The van der Waals surface area contributed by atoms with E-state index in [4.69, 9.17) is 11.6 Å². The van der Waals surface area contributed by atoms with Crippen LogP contribution in [-0.4, -0.2) is 20.0 Å². The summed E-state index contributed by atoms with van der Waals surface area (Å²) in [7, 11) is 0. The van der Waals surface area contributed by atoms with Crippen molar-refractivity contribution < 1.29 is 0 Å². The lowest BCUT2D eigenvalue weighted by Gasteiger charge is -2.06. The van der Waals surface area contributed by atoms with Crippen LogP contribution in [-0.2, 0) is 6.54 Å². The maximum Gasteiger partial charge on any atom is 0.183 e. The van der Waals surface area contributed by atoms with Crippen LogP contribution in [0.4, 0.5) is 5.69 Å². The molecule has 0 aliphatic rings. The summed E-state index contributed by atoms with van der Waals surface area (Å²) in [6.07, 6.45) is 1.79. The zero-order valence-electron chi connectivity index (χ0n) is 12.0. The lowest BCUT2D eigenvalue weighted by molar-refractivity contribution is 0.824. The van der Waals surface area contributed by atoms with E-state index in [0.717, 1.165) is 27.3 Å². The van der Waals surface area contributed by atoms with Gasteiger partial charge >= 0.3 is 0 Å². The highest BCUT2D eigenvalue weighted by Crippen LogP contribution is 2.21. The molecule has 2 heterocycles. The van der Waals surface area contributed by atoms with Gasteiger partial charge in [-0.1, -0.05) is 28.9 Å². The van der Waals surface area contributed by atoms with Crippen LogP contribution in [0, 0.1) is 0 Å². The Hall–Kier alpha value is -2.44. The molecular weight excluding hydrogens is 330 g/mol. The van der Waals surface area contributed by atoms with Crippen LogP contribution in [0.1, 0.15) is 4.88 Å². The molecule has 4 rings (SSSR count). The van der Waals surface area contributed by atoms with Crippen molar-refractivity contribution >= 4 is 39.7 Å². The maximum atomic E-state index is 5.83. The van der Waals surface area contributed by atoms with Gasteiger partial charge in [0.15, 0.2) is 4.47 Å². The molecule has 0 unspecified atom stereocenters. The molecule has 0 fully saturated rings. The average molecular weight is 342 g/mol. The summed E-state index contributed by atoms with van der Waals surface area (Å²) >= 11 is 7.31. The van der Waals surface area contributed by atoms with Gasteiger partial charge in [-0.3, -0.25) is 0 Å². The van der Waals surface area contributed by atoms with Crippen molar-refractivity contribution in [3.05, 3.63) is 64.1 Å². The number of rotatable bonds is 4. The Labute approximate surface area is 141 Å². The summed E-state index contributed by atoms with van der Waals surface area (Å²) in [4.78, 5) is 5.13. The molecule has 2 aromatic heterocycles. The molecule has 23 heavy (non-hydrogen) atoms. The fourth-order valence-electron chi connectivity index (χ4n) is 2.33. The van der Waals surface area contributed by atoms with E-state index in [1.54, 1.807) is 6.20 Å². The number of anilines is 1. The normalized spacial score (nSPS) is 11.0. The second kappa shape index (κ2) is 5.98. The molecule has 5 nitrogen and oxygen atoms in total. The zero-order chi connectivity index (χ0) is 15.6. The van der Waals surface area contributed by atoms with Gasteiger partial charge in [-0.05, 0) is 36.4 Å². The lowest BCUT2D eigenvalue weighted by Crippen LogP contribution is -1.99. The molecule has 7 heteroatoms. The number of para-hydroxylation sites is 1. The molecule has 0 aliphatic carbocycles. The van der Waals surface area contributed by atoms with Gasteiger partial charge in [-0.25, -0.2) is 9.67 Å². The number of halogens is 1. The van der Waals surface area contributed by atoms with Crippen molar-refractivity contribution in [3.63, 3.8) is 0 Å². The van der Waals surface area contributed by atoms with Crippen molar-refractivity contribution in [1.82, 2.24) is 20.0 Å². The molecule has 0 atom stereocenters. The molecule has 1 N–H and O–H groups in total. The average Bonchev–Trinajstić information content (AvgIpc) is 3.20. The van der Waals surface area contributed by atoms with Crippen LogP contribution in [0.3, 0.4) is 0 Å². The zero-order valence-corrected chi connectivity index (χ0v) is 13.6. The van der Waals surface area contributed by atoms with Crippen LogP contribution >= 0.6 is 22.9 Å². The van der Waals surface area contributed by atoms with Crippen molar-refractivity contribution in [2.24, 2.45) is 0 Å². The SMILES string of the molecule is Clc1ncc(CNc2ccc(-n3nnc4ccccc43)cc2)s1. The molecule has 4 aromatic rings. The summed E-state index contributed by atoms with van der Waals surface area (Å²) < 4.78 is 2.40. The van der Waals surface area contributed by atoms with E-state index in [-0.39, 0.29) is 0 Å². The van der Waals surface area contributed by atoms with Crippen LogP contribution in [0.15, 0.2) is 54.7 Å². The second-order valence-electron chi connectivity index (χ2n) is 4.97. The Bertz CT molecular complexity index is 944. The Balaban J connectivity index is 1.53. The van der Waals surface area contributed by atoms with E-state index < -0.39 is 0 Å². The first kappa shape index (κ1) is 14.2. The first-order valence-corrected chi connectivity index (χ1v) is 8.24. The number of benzene rings is 2. The smallest absolute Gasteiger partial charge is 0.183 e. The summed E-state index contributed by atoms with van der Waals surface area (Å²) in [5.74, 6) is 0. The largest absolute Gasteiger partial charge is 0.380 e. The Morgan fingerprint density at radius 3 is 2.70 bits per heavy atom. The van der Waals surface area contributed by atoms with Crippen LogP contribution in [0.25, 0.3) is 16.7 Å². The highest BCUT2D eigenvalue weighted by molar-refractivity contribution is 7.15. The quantitative estimate of drug-likeness (QED) is 0.606. The predicted octanol–water partition coefficient (Wildman–Crippen LogP) is 4.14. The first-order valence-electron chi connectivity index (χ1n) is 7.04. The van der Waals surface area contributed by atoms with Gasteiger partial charge in [0, 0.05) is 16.8 Å². The van der Waals surface area contributed by atoms with Gasteiger partial charge in [0.1, 0.15) is 5.52 Å². The van der Waals surface area contributed by atoms with E-state index >= 15 is 0 Å². The van der Waals surface area contributed by atoms with Crippen LogP contribution in [0.2, 0.25) is 4.47 Å². The monoisotopic (exact) mass is 341 g/mol. The van der Waals surface area contributed by atoms with Crippen molar-refractivity contribution in [1.29, 1.82) is 0 Å². The molecular formula is C16H12ClN5S. The standard InChI is InChI=1S/C16H12ClN5S/c17-16-19-10-13(23-16)9-18-11-5-7-12(8-6-11)22-15-4-2-1-3-14(15)20-21-22/h1-8,10,18H,9H2. The van der Waals surface area contributed by atoms with Crippen molar-refractivity contribution in [3.8, 4) is 5.69 Å². The van der Waals surface area contributed by atoms with E-state index in [0.29, 0.717) is 11.0 Å². The molecule has 0 bridgehead atoms. The predicted molar refractivity (Wildman–Crippen MR) is 93.3 cm³/mol. The molecule has 0 amide bonds. The number of hydrogen-bond acceptors (Lipinski definition) is 5. The third kappa shape index (κ3) is 2.91. The fraction of sp³-hybridized carbons (Fsp3) is 0.0625. The minimum absolute atomic E-state index is 0.565. The van der Waals surface area contributed by atoms with Crippen LogP contribution < -0.4 is 5.32 Å². The fourth-order valence-corrected chi connectivity index (χ4v) is 3.25. The second-order valence-corrected chi connectivity index (χ2v) is 6.67. The van der Waals surface area contributed by atoms with Gasteiger partial charge < -0.3 is 5.32 Å². The summed E-state index contributed by atoms with van der Waals surface area (Å²) in [6.45, 7) is 0.704. The molecule has 0 saturated carbocycles. The molecule has 0 spiro atoms. The molecule has 0 radical (unpaired) electrons. The summed E-state index contributed by atoms with van der Waals surface area (Å²) in [6, 6.07) is 16.0. The van der Waals surface area contributed by atoms with Crippen LogP contribution in [0.5, 0.6) is 0 Å². The van der Waals surface area contributed by atoms with Crippen molar-refractivity contribution in [2.45, 2.75) is 6.54 Å². The van der Waals surface area contributed by atoms with Gasteiger partial charge in [0.05, 0.1) is 17.7 Å². The van der Waals surface area contributed by atoms with Gasteiger partial charge in [0.2, 0.25) is 0 Å². The number of hydrogen-bond donors (Lipinski definition) is 1. The highest BCUT2D eigenvalue weighted by atomic mass is 35.5. The van der Waals surface area contributed by atoms with E-state index in [1.807, 2.05) is 53.2 Å². The van der Waals surface area contributed by atoms with E-state index in [1.165, 1.54) is 11.3 Å². The first-order chi connectivity index (χ1) is 11.3. The molecule has 2 aromatic carbocycles. The maximum absolute atomic E-state index is 5.83. The number of thiazole rings is 1. The number of fused-ring (bicyclic) bond motifs is 1. The summed E-state index contributed by atoms with van der Waals surface area (Å²) in [5.41, 5.74) is 3.89. The Kier molecular flexibility index (Phi) is 3.69. The topological polar surface area (TPSA) is 55.6 Å². The number of aromatic nitrogens is 4. The molecule has 0 saturated heterocycles. The Morgan fingerprint density at radius 1 is 1.09 bits per heavy atom. The minimum Gasteiger partial charge on any atom is -0.380 e. The van der Waals surface area contributed by atoms with Gasteiger partial charge in [-0.15, -0.1) is 16.4 Å². The molecule has 114 valence electrons. The third-order valence-electron chi connectivity index (χ3n) is 3.46. The van der Waals surface area contributed by atoms with Gasteiger partial charge in [-0.2, -0.15) is 0 Å². The van der Waals surface area contributed by atoms with E-state index in [2.05, 4.69) is 20.6 Å². The molecule has 0 aliphatic heterocycles. The highest BCUT2D eigenvalue weighted by Gasteiger charge is 2.05. The lowest BCUT2D eigenvalue weighted by atomic mass is 10.2. The van der Waals surface area contributed by atoms with E-state index in [9.17, 15) is 0 Å².